The Kier molecular flexibility index (Phi) is 5.50. The number of pyridine rings is 1. The number of halogens is 1. The van der Waals surface area contributed by atoms with E-state index in [1.165, 1.54) is 0 Å². The summed E-state index contributed by atoms with van der Waals surface area (Å²) in [6.07, 6.45) is 3.03. The van der Waals surface area contributed by atoms with E-state index >= 15 is 0 Å². The molecule has 4 rings (SSSR count). The number of ether oxygens (including phenoxy) is 1. The van der Waals surface area contributed by atoms with Gasteiger partial charge in [-0.05, 0) is 55.5 Å². The Morgan fingerprint density at radius 2 is 2.07 bits per heavy atom. The maximum absolute atomic E-state index is 12.5. The van der Waals surface area contributed by atoms with Gasteiger partial charge in [-0.1, -0.05) is 11.6 Å². The first-order chi connectivity index (χ1) is 13.1. The molecule has 0 saturated carbocycles. The maximum atomic E-state index is 12.5. The third-order valence-corrected chi connectivity index (χ3v) is 6.00. The van der Waals surface area contributed by atoms with Crippen molar-refractivity contribution in [1.82, 2.24) is 9.88 Å². The van der Waals surface area contributed by atoms with Gasteiger partial charge in [-0.3, -0.25) is 4.79 Å². The summed E-state index contributed by atoms with van der Waals surface area (Å²) in [6, 6.07) is 9.97. The number of fused-ring (bicyclic) bond motifs is 1. The molecule has 0 N–H and O–H groups in total. The third-order valence-electron chi connectivity index (χ3n) is 5.76. The molecule has 0 bridgehead atoms. The van der Waals surface area contributed by atoms with Crippen molar-refractivity contribution < 1.29 is 9.53 Å². The van der Waals surface area contributed by atoms with Gasteiger partial charge >= 0.3 is 0 Å². The molecule has 1 aromatic carbocycles. The normalized spacial score (nSPS) is 21.0. The molecular formula is C21H26ClN3O2. The topological polar surface area (TPSA) is 45.7 Å². The van der Waals surface area contributed by atoms with Crippen molar-refractivity contribution in [3.8, 4) is 0 Å². The summed E-state index contributed by atoms with van der Waals surface area (Å²) < 4.78 is 5.35. The number of amides is 1. The van der Waals surface area contributed by atoms with Crippen molar-refractivity contribution in [2.45, 2.75) is 19.3 Å². The zero-order valence-electron chi connectivity index (χ0n) is 15.7. The zero-order valence-corrected chi connectivity index (χ0v) is 16.5. The molecule has 144 valence electrons. The van der Waals surface area contributed by atoms with E-state index in [1.807, 2.05) is 30.1 Å². The minimum atomic E-state index is 0.0605. The fraction of sp³-hybridized carbons (Fsp3) is 0.524. The van der Waals surface area contributed by atoms with Crippen molar-refractivity contribution in [3.63, 3.8) is 0 Å². The number of anilines is 1. The smallest absolute Gasteiger partial charge is 0.227 e. The number of rotatable bonds is 4. The predicted octanol–water partition coefficient (Wildman–Crippen LogP) is 3.60. The summed E-state index contributed by atoms with van der Waals surface area (Å²) >= 11 is 6.06. The number of piperidine rings is 1. The van der Waals surface area contributed by atoms with Gasteiger partial charge in [0.2, 0.25) is 5.91 Å². The van der Waals surface area contributed by atoms with E-state index in [4.69, 9.17) is 21.3 Å². The van der Waals surface area contributed by atoms with Crippen LogP contribution in [0.25, 0.3) is 10.9 Å². The molecule has 0 radical (unpaired) electrons. The summed E-state index contributed by atoms with van der Waals surface area (Å²) in [4.78, 5) is 21.5. The van der Waals surface area contributed by atoms with E-state index in [0.717, 1.165) is 60.6 Å². The summed E-state index contributed by atoms with van der Waals surface area (Å²) in [5.74, 6) is 1.88. The Morgan fingerprint density at radius 3 is 2.81 bits per heavy atom. The lowest BCUT2D eigenvalue weighted by Gasteiger charge is -2.35. The first-order valence-electron chi connectivity index (χ1n) is 9.74. The maximum Gasteiger partial charge on any atom is 0.227 e. The van der Waals surface area contributed by atoms with Crippen LogP contribution < -0.4 is 4.90 Å². The van der Waals surface area contributed by atoms with Crippen LogP contribution in [0.5, 0.6) is 0 Å². The lowest BCUT2D eigenvalue weighted by molar-refractivity contribution is -0.134. The van der Waals surface area contributed by atoms with Crippen LogP contribution in [0.15, 0.2) is 30.3 Å². The molecule has 2 aliphatic rings. The van der Waals surface area contributed by atoms with Crippen molar-refractivity contribution in [2.24, 2.45) is 11.8 Å². The molecule has 2 aromatic rings. The van der Waals surface area contributed by atoms with Crippen molar-refractivity contribution in [1.29, 1.82) is 0 Å². The Hall–Kier alpha value is -1.85. The molecule has 1 amide bonds. The Bertz CT molecular complexity index is 814. The molecule has 2 aliphatic heterocycles. The van der Waals surface area contributed by atoms with Gasteiger partial charge in [0, 0.05) is 43.7 Å². The molecular weight excluding hydrogens is 362 g/mol. The molecule has 1 unspecified atom stereocenters. The standard InChI is InChI=1S/C21H26ClN3O2/c1-24(21(26)17-8-11-27-14-17)13-15-6-9-25(10-7-15)20-5-2-16-12-18(22)3-4-19(16)23-20/h2-5,12,15,17H,6-11,13-14H2,1H3. The average Bonchev–Trinajstić information content (AvgIpc) is 3.22. The molecule has 0 spiro atoms. The molecule has 1 atom stereocenters. The van der Waals surface area contributed by atoms with Gasteiger partial charge in [-0.25, -0.2) is 4.98 Å². The molecule has 2 fully saturated rings. The second kappa shape index (κ2) is 8.03. The molecule has 27 heavy (non-hydrogen) atoms. The van der Waals surface area contributed by atoms with Crippen molar-refractivity contribution in [2.75, 3.05) is 44.8 Å². The molecule has 0 aliphatic carbocycles. The molecule has 3 heterocycles. The van der Waals surface area contributed by atoms with Gasteiger partial charge in [0.05, 0.1) is 18.0 Å². The molecule has 2 saturated heterocycles. The summed E-state index contributed by atoms with van der Waals surface area (Å²) in [6.45, 7) is 4.09. The Labute approximate surface area is 165 Å². The lowest BCUT2D eigenvalue weighted by Crippen LogP contribution is -2.41. The van der Waals surface area contributed by atoms with Crippen LogP contribution in [0.2, 0.25) is 5.02 Å². The predicted molar refractivity (Wildman–Crippen MR) is 108 cm³/mol. The second-order valence-corrected chi connectivity index (χ2v) is 8.15. The number of benzene rings is 1. The fourth-order valence-electron chi connectivity index (χ4n) is 4.12. The van der Waals surface area contributed by atoms with Gasteiger partial charge in [0.25, 0.3) is 0 Å². The Morgan fingerprint density at radius 1 is 1.26 bits per heavy atom. The van der Waals surface area contributed by atoms with Crippen molar-refractivity contribution >= 4 is 34.2 Å². The Balaban J connectivity index is 1.33. The number of carbonyl (C=O) groups is 1. The molecule has 6 heteroatoms. The summed E-state index contributed by atoms with van der Waals surface area (Å²) in [5.41, 5.74) is 0.975. The zero-order chi connectivity index (χ0) is 18.8. The van der Waals surface area contributed by atoms with Gasteiger partial charge < -0.3 is 14.5 Å². The van der Waals surface area contributed by atoms with Gasteiger partial charge in [-0.2, -0.15) is 0 Å². The van der Waals surface area contributed by atoms with Crippen LogP contribution in [0.4, 0.5) is 5.82 Å². The highest BCUT2D eigenvalue weighted by Gasteiger charge is 2.28. The first-order valence-corrected chi connectivity index (χ1v) is 10.1. The van der Waals surface area contributed by atoms with Crippen LogP contribution >= 0.6 is 11.6 Å². The second-order valence-electron chi connectivity index (χ2n) is 7.72. The number of hydrogen-bond acceptors (Lipinski definition) is 4. The van der Waals surface area contributed by atoms with Crippen LogP contribution in [0, 0.1) is 11.8 Å². The SMILES string of the molecule is CN(CC1CCN(c2ccc3cc(Cl)ccc3n2)CC1)C(=O)C1CCOC1. The van der Waals surface area contributed by atoms with Crippen LogP contribution in [-0.4, -0.2) is 55.7 Å². The average molecular weight is 388 g/mol. The van der Waals surface area contributed by atoms with E-state index in [0.29, 0.717) is 19.1 Å². The summed E-state index contributed by atoms with van der Waals surface area (Å²) in [7, 11) is 1.93. The van der Waals surface area contributed by atoms with E-state index in [9.17, 15) is 4.79 Å². The third kappa shape index (κ3) is 4.19. The minimum Gasteiger partial charge on any atom is -0.381 e. The van der Waals surface area contributed by atoms with Crippen LogP contribution in [0.1, 0.15) is 19.3 Å². The van der Waals surface area contributed by atoms with Crippen LogP contribution in [0.3, 0.4) is 0 Å². The quantitative estimate of drug-likeness (QED) is 0.804. The highest BCUT2D eigenvalue weighted by atomic mass is 35.5. The molecule has 1 aromatic heterocycles. The highest BCUT2D eigenvalue weighted by molar-refractivity contribution is 6.31. The minimum absolute atomic E-state index is 0.0605. The van der Waals surface area contributed by atoms with E-state index in [-0.39, 0.29) is 11.8 Å². The number of aromatic nitrogens is 1. The number of hydrogen-bond donors (Lipinski definition) is 0. The van der Waals surface area contributed by atoms with Gasteiger partial charge in [-0.15, -0.1) is 0 Å². The fourth-order valence-corrected chi connectivity index (χ4v) is 4.31. The van der Waals surface area contributed by atoms with Gasteiger partial charge in [0.1, 0.15) is 5.82 Å². The highest BCUT2D eigenvalue weighted by Crippen LogP contribution is 2.26. The van der Waals surface area contributed by atoms with Gasteiger partial charge in [0.15, 0.2) is 0 Å². The monoisotopic (exact) mass is 387 g/mol. The van der Waals surface area contributed by atoms with E-state index < -0.39 is 0 Å². The van der Waals surface area contributed by atoms with E-state index in [1.54, 1.807) is 0 Å². The largest absolute Gasteiger partial charge is 0.381 e. The first kappa shape index (κ1) is 18.5. The number of carbonyl (C=O) groups excluding carboxylic acids is 1. The van der Waals surface area contributed by atoms with Crippen molar-refractivity contribution in [3.05, 3.63) is 35.4 Å². The van der Waals surface area contributed by atoms with Crippen LogP contribution in [-0.2, 0) is 9.53 Å². The molecule has 5 nitrogen and oxygen atoms in total. The summed E-state index contributed by atoms with van der Waals surface area (Å²) in [5, 5.41) is 1.80. The van der Waals surface area contributed by atoms with E-state index in [2.05, 4.69) is 17.0 Å². The number of nitrogens with zero attached hydrogens (tertiary/aromatic N) is 3. The lowest BCUT2D eigenvalue weighted by atomic mass is 9.95.